The molecule has 0 fully saturated rings. The highest BCUT2D eigenvalue weighted by molar-refractivity contribution is 5.88. The average Bonchev–Trinajstić information content (AvgIpc) is 2.76. The number of H-pyrrole nitrogens is 1. The fourth-order valence-corrected chi connectivity index (χ4v) is 3.25. The number of nitrogens with one attached hydrogen (secondary N) is 2. The third kappa shape index (κ3) is 4.40. The summed E-state index contributed by atoms with van der Waals surface area (Å²) in [6, 6.07) is 19.3. The van der Waals surface area contributed by atoms with Gasteiger partial charge in [-0.15, -0.1) is 0 Å². The Morgan fingerprint density at radius 1 is 1.06 bits per heavy atom. The van der Waals surface area contributed by atoms with Crippen LogP contribution in [0.3, 0.4) is 0 Å². The van der Waals surface area contributed by atoms with Gasteiger partial charge in [-0.2, -0.15) is 0 Å². The molecule has 1 aromatic heterocycles. The molecule has 0 saturated heterocycles. The fraction of sp³-hybridized carbons (Fsp3) is 0.125. The monoisotopic (exact) mass is 415 g/mol. The number of aromatic amines is 1. The van der Waals surface area contributed by atoms with Crippen molar-refractivity contribution in [2.45, 2.75) is 13.8 Å². The molecule has 0 aliphatic rings. The molecule has 0 aliphatic carbocycles. The second kappa shape index (κ2) is 8.71. The highest BCUT2D eigenvalue weighted by Gasteiger charge is 2.14. The van der Waals surface area contributed by atoms with E-state index in [1.54, 1.807) is 48.5 Å². The molecule has 7 heteroatoms. The van der Waals surface area contributed by atoms with Crippen molar-refractivity contribution in [3.63, 3.8) is 0 Å². The number of benzene rings is 3. The summed E-state index contributed by atoms with van der Waals surface area (Å²) < 4.78 is 11.0. The minimum atomic E-state index is -0.628. The number of fused-ring (bicyclic) bond motifs is 1. The average molecular weight is 415 g/mol. The van der Waals surface area contributed by atoms with E-state index in [0.29, 0.717) is 46.1 Å². The molecule has 1 heterocycles. The van der Waals surface area contributed by atoms with Crippen molar-refractivity contribution in [3.8, 4) is 22.9 Å². The Bertz CT molecular complexity index is 1300. The van der Waals surface area contributed by atoms with Crippen LogP contribution in [0.25, 0.3) is 22.3 Å². The van der Waals surface area contributed by atoms with Gasteiger partial charge in [0.15, 0.2) is 0 Å². The van der Waals surface area contributed by atoms with Crippen molar-refractivity contribution in [1.82, 2.24) is 9.97 Å². The number of aryl methyl sites for hydroxylation is 1. The van der Waals surface area contributed by atoms with Crippen LogP contribution in [-0.4, -0.2) is 22.7 Å². The Morgan fingerprint density at radius 2 is 1.87 bits per heavy atom. The minimum absolute atomic E-state index is 0.243. The topological polar surface area (TPSA) is 93.3 Å². The molecule has 3 aromatic carbocycles. The number of ether oxygens (including phenoxy) is 2. The molecule has 0 saturated carbocycles. The first-order chi connectivity index (χ1) is 15.0. The van der Waals surface area contributed by atoms with Gasteiger partial charge in [-0.25, -0.2) is 9.78 Å². The molecule has 0 unspecified atom stereocenters. The number of amides is 1. The first-order valence-corrected chi connectivity index (χ1v) is 9.86. The largest absolute Gasteiger partial charge is 0.493 e. The number of carbonyl (C=O) groups is 1. The van der Waals surface area contributed by atoms with Crippen molar-refractivity contribution < 1.29 is 14.3 Å². The second-order valence-electron chi connectivity index (χ2n) is 6.86. The maximum Gasteiger partial charge on any atom is 0.417 e. The number of anilines is 1. The molecule has 0 atom stereocenters. The zero-order chi connectivity index (χ0) is 21.8. The highest BCUT2D eigenvalue weighted by atomic mass is 16.6. The summed E-state index contributed by atoms with van der Waals surface area (Å²) in [6.45, 7) is 4.21. The Hall–Kier alpha value is -4.13. The predicted octanol–water partition coefficient (Wildman–Crippen LogP) is 4.91. The van der Waals surface area contributed by atoms with Gasteiger partial charge in [0, 0.05) is 5.69 Å². The number of carbonyl (C=O) groups excluding carboxylic acids is 1. The molecular weight excluding hydrogens is 394 g/mol. The molecule has 0 aliphatic heterocycles. The highest BCUT2D eigenvalue weighted by Crippen LogP contribution is 2.31. The lowest BCUT2D eigenvalue weighted by atomic mass is 10.1. The van der Waals surface area contributed by atoms with Crippen LogP contribution in [-0.2, 0) is 0 Å². The van der Waals surface area contributed by atoms with E-state index in [-0.39, 0.29) is 5.56 Å². The molecule has 0 radical (unpaired) electrons. The number of aromatic nitrogens is 2. The SMILES string of the molecule is CCOc1ccc(NC(=O)Oc2ccccc2)cc1-c1nc2c(C)cccc2c(=O)[nH]1. The Labute approximate surface area is 178 Å². The molecule has 156 valence electrons. The molecular formula is C24H21N3O4. The number of hydrogen-bond donors (Lipinski definition) is 2. The van der Waals surface area contributed by atoms with Gasteiger partial charge in [0.1, 0.15) is 17.3 Å². The van der Waals surface area contributed by atoms with Crippen LogP contribution in [0.5, 0.6) is 11.5 Å². The van der Waals surface area contributed by atoms with Crippen molar-refractivity contribution in [1.29, 1.82) is 0 Å². The van der Waals surface area contributed by atoms with Crippen molar-refractivity contribution in [2.75, 3.05) is 11.9 Å². The Kier molecular flexibility index (Phi) is 5.66. The molecule has 0 spiro atoms. The van der Waals surface area contributed by atoms with E-state index in [1.165, 1.54) is 0 Å². The van der Waals surface area contributed by atoms with Crippen LogP contribution in [0, 0.1) is 6.92 Å². The standard InChI is InChI=1S/C24H21N3O4/c1-3-30-20-13-12-16(25-24(29)31-17-9-5-4-6-10-17)14-19(20)22-26-21-15(2)8-7-11-18(21)23(28)27-22/h4-14H,3H2,1-2H3,(H,25,29)(H,26,27,28). The third-order valence-electron chi connectivity index (χ3n) is 4.67. The zero-order valence-electron chi connectivity index (χ0n) is 17.1. The summed E-state index contributed by atoms with van der Waals surface area (Å²) in [5.74, 6) is 1.33. The van der Waals surface area contributed by atoms with Gasteiger partial charge in [0.05, 0.1) is 23.1 Å². The lowest BCUT2D eigenvalue weighted by Crippen LogP contribution is -2.17. The number of para-hydroxylation sites is 2. The van der Waals surface area contributed by atoms with Gasteiger partial charge in [-0.3, -0.25) is 10.1 Å². The van der Waals surface area contributed by atoms with Crippen LogP contribution in [0.15, 0.2) is 71.5 Å². The minimum Gasteiger partial charge on any atom is -0.493 e. The Morgan fingerprint density at radius 3 is 2.65 bits per heavy atom. The molecule has 31 heavy (non-hydrogen) atoms. The molecule has 2 N–H and O–H groups in total. The van der Waals surface area contributed by atoms with Crippen molar-refractivity contribution in [3.05, 3.63) is 82.6 Å². The first kappa shape index (κ1) is 20.2. The van der Waals surface area contributed by atoms with E-state index in [1.807, 2.05) is 32.0 Å². The van der Waals surface area contributed by atoms with Crippen LogP contribution < -0.4 is 20.3 Å². The maximum atomic E-state index is 12.6. The molecule has 1 amide bonds. The number of nitrogens with zero attached hydrogens (tertiary/aromatic N) is 1. The lowest BCUT2D eigenvalue weighted by Gasteiger charge is -2.13. The van der Waals surface area contributed by atoms with E-state index in [9.17, 15) is 9.59 Å². The number of hydrogen-bond acceptors (Lipinski definition) is 5. The van der Waals surface area contributed by atoms with Crippen LogP contribution in [0.4, 0.5) is 10.5 Å². The van der Waals surface area contributed by atoms with E-state index >= 15 is 0 Å². The van der Waals surface area contributed by atoms with Crippen LogP contribution in [0.1, 0.15) is 12.5 Å². The van der Waals surface area contributed by atoms with Crippen molar-refractivity contribution >= 4 is 22.7 Å². The first-order valence-electron chi connectivity index (χ1n) is 9.86. The molecule has 7 nitrogen and oxygen atoms in total. The summed E-state index contributed by atoms with van der Waals surface area (Å²) in [6.07, 6.45) is -0.628. The van der Waals surface area contributed by atoms with Gasteiger partial charge in [-0.05, 0) is 55.8 Å². The molecule has 4 aromatic rings. The van der Waals surface area contributed by atoms with E-state index in [2.05, 4.69) is 15.3 Å². The summed E-state index contributed by atoms with van der Waals surface area (Å²) in [5.41, 5.74) is 2.30. The van der Waals surface area contributed by atoms with Gasteiger partial charge >= 0.3 is 6.09 Å². The summed E-state index contributed by atoms with van der Waals surface area (Å²) in [4.78, 5) is 32.4. The molecule has 0 bridgehead atoms. The normalized spacial score (nSPS) is 10.6. The summed E-state index contributed by atoms with van der Waals surface area (Å²) in [5, 5.41) is 3.21. The van der Waals surface area contributed by atoms with E-state index < -0.39 is 6.09 Å². The Balaban J connectivity index is 1.71. The van der Waals surface area contributed by atoms with Gasteiger partial charge in [-0.1, -0.05) is 30.3 Å². The lowest BCUT2D eigenvalue weighted by molar-refractivity contribution is 0.215. The third-order valence-corrected chi connectivity index (χ3v) is 4.67. The van der Waals surface area contributed by atoms with Crippen LogP contribution in [0.2, 0.25) is 0 Å². The summed E-state index contributed by atoms with van der Waals surface area (Å²) in [7, 11) is 0. The van der Waals surface area contributed by atoms with E-state index in [4.69, 9.17) is 9.47 Å². The fourth-order valence-electron chi connectivity index (χ4n) is 3.25. The van der Waals surface area contributed by atoms with Gasteiger partial charge in [0.25, 0.3) is 5.56 Å². The molecule has 4 rings (SSSR count). The summed E-state index contributed by atoms with van der Waals surface area (Å²) >= 11 is 0. The number of rotatable bonds is 5. The quantitative estimate of drug-likeness (QED) is 0.483. The van der Waals surface area contributed by atoms with Crippen LogP contribution >= 0.6 is 0 Å². The van der Waals surface area contributed by atoms with Crippen molar-refractivity contribution in [2.24, 2.45) is 0 Å². The van der Waals surface area contributed by atoms with Gasteiger partial charge in [0.2, 0.25) is 0 Å². The van der Waals surface area contributed by atoms with E-state index in [0.717, 1.165) is 5.56 Å². The maximum absolute atomic E-state index is 12.6. The smallest absolute Gasteiger partial charge is 0.417 e. The zero-order valence-corrected chi connectivity index (χ0v) is 17.1. The van der Waals surface area contributed by atoms with Gasteiger partial charge < -0.3 is 14.5 Å². The predicted molar refractivity (Wildman–Crippen MR) is 120 cm³/mol. The second-order valence-corrected chi connectivity index (χ2v) is 6.86.